The first-order valence-corrected chi connectivity index (χ1v) is 9.93. The fraction of sp³-hybridized carbons (Fsp3) is 0.0588. The number of nitrogens with zero attached hydrogens (tertiary/aromatic N) is 4. The number of benzene rings is 1. The summed E-state index contributed by atoms with van der Waals surface area (Å²) in [7, 11) is 0. The first kappa shape index (κ1) is 16.2. The van der Waals surface area contributed by atoms with Gasteiger partial charge >= 0.3 is 0 Å². The van der Waals surface area contributed by atoms with Crippen LogP contribution in [0.4, 0.5) is 10.8 Å². The zero-order valence-corrected chi connectivity index (χ0v) is 15.6. The monoisotopic (exact) mass is 384 g/mol. The fourth-order valence-electron chi connectivity index (χ4n) is 2.27. The van der Waals surface area contributed by atoms with Crippen LogP contribution in [0.2, 0.25) is 0 Å². The molecule has 1 saturated heterocycles. The van der Waals surface area contributed by atoms with Gasteiger partial charge in [0, 0.05) is 4.88 Å². The van der Waals surface area contributed by atoms with Crippen molar-refractivity contribution in [2.75, 3.05) is 4.90 Å². The maximum atomic E-state index is 13.0. The van der Waals surface area contributed by atoms with Crippen molar-refractivity contribution in [3.05, 3.63) is 62.6 Å². The minimum absolute atomic E-state index is 0.0791. The smallest absolute Gasteiger partial charge is 0.268 e. The number of anilines is 1. The Balaban J connectivity index is 1.77. The molecule has 1 aromatic carbocycles. The van der Waals surface area contributed by atoms with Crippen molar-refractivity contribution in [3.63, 3.8) is 0 Å². The van der Waals surface area contributed by atoms with Crippen LogP contribution in [0.25, 0.3) is 6.08 Å². The summed E-state index contributed by atoms with van der Waals surface area (Å²) in [6.07, 6.45) is 1.90. The van der Waals surface area contributed by atoms with Gasteiger partial charge in [0.15, 0.2) is 5.17 Å². The number of carbonyl (C=O) groups is 1. The van der Waals surface area contributed by atoms with Gasteiger partial charge in [0.05, 0.1) is 10.6 Å². The van der Waals surface area contributed by atoms with Crippen LogP contribution in [0.3, 0.4) is 0 Å². The van der Waals surface area contributed by atoms with Gasteiger partial charge in [-0.15, -0.1) is 21.5 Å². The third-order valence-electron chi connectivity index (χ3n) is 3.34. The molecule has 0 bridgehead atoms. The molecule has 0 spiro atoms. The van der Waals surface area contributed by atoms with Gasteiger partial charge in [-0.05, 0) is 48.3 Å². The third-order valence-corrected chi connectivity index (χ3v) is 5.86. The Hall–Kier alpha value is -2.29. The summed E-state index contributed by atoms with van der Waals surface area (Å²) < 4.78 is 0. The predicted molar refractivity (Wildman–Crippen MR) is 106 cm³/mol. The third kappa shape index (κ3) is 3.41. The molecule has 1 fully saturated rings. The minimum Gasteiger partial charge on any atom is -0.268 e. The van der Waals surface area contributed by atoms with E-state index in [0.717, 1.165) is 15.6 Å². The molecule has 25 heavy (non-hydrogen) atoms. The number of aromatic nitrogens is 2. The first-order valence-electron chi connectivity index (χ1n) is 7.42. The van der Waals surface area contributed by atoms with Crippen LogP contribution in [0.1, 0.15) is 9.88 Å². The number of para-hydroxylation sites is 1. The van der Waals surface area contributed by atoms with E-state index in [0.29, 0.717) is 15.2 Å². The van der Waals surface area contributed by atoms with Crippen molar-refractivity contribution in [1.29, 1.82) is 0 Å². The van der Waals surface area contributed by atoms with E-state index in [2.05, 4.69) is 15.2 Å². The highest BCUT2D eigenvalue weighted by Crippen LogP contribution is 2.37. The SMILES string of the molecule is Cc1nnc(/N=C2/S/C(=C/c3cccs3)C(=O)N2c2ccccc2)s1. The van der Waals surface area contributed by atoms with Crippen LogP contribution in [0.5, 0.6) is 0 Å². The van der Waals surface area contributed by atoms with E-state index in [1.165, 1.54) is 23.1 Å². The molecular weight excluding hydrogens is 372 g/mol. The van der Waals surface area contributed by atoms with Gasteiger partial charge in [0.1, 0.15) is 5.01 Å². The number of carbonyl (C=O) groups excluding carboxylic acids is 1. The van der Waals surface area contributed by atoms with Crippen LogP contribution < -0.4 is 4.90 Å². The summed E-state index contributed by atoms with van der Waals surface area (Å²) in [6.45, 7) is 1.88. The average Bonchev–Trinajstić information content (AvgIpc) is 3.32. The lowest BCUT2D eigenvalue weighted by molar-refractivity contribution is -0.113. The maximum absolute atomic E-state index is 13.0. The number of thioether (sulfide) groups is 1. The van der Waals surface area contributed by atoms with Crippen molar-refractivity contribution in [3.8, 4) is 0 Å². The molecule has 124 valence electrons. The van der Waals surface area contributed by atoms with Gasteiger partial charge in [-0.25, -0.2) is 0 Å². The second-order valence-electron chi connectivity index (χ2n) is 5.10. The molecule has 0 N–H and O–H groups in total. The van der Waals surface area contributed by atoms with E-state index < -0.39 is 0 Å². The van der Waals surface area contributed by atoms with E-state index in [-0.39, 0.29) is 5.91 Å². The number of amides is 1. The second kappa shape index (κ2) is 6.91. The predicted octanol–water partition coefficient (Wildman–Crippen LogP) is 4.72. The van der Waals surface area contributed by atoms with Crippen molar-refractivity contribution in [2.24, 2.45) is 4.99 Å². The average molecular weight is 385 g/mol. The van der Waals surface area contributed by atoms with Crippen LogP contribution >= 0.6 is 34.4 Å². The molecule has 8 heteroatoms. The molecular formula is C17H12N4OS3. The lowest BCUT2D eigenvalue weighted by Gasteiger charge is -2.14. The van der Waals surface area contributed by atoms with E-state index in [1.54, 1.807) is 16.2 Å². The molecule has 5 nitrogen and oxygen atoms in total. The minimum atomic E-state index is -0.0791. The maximum Gasteiger partial charge on any atom is 0.271 e. The number of aryl methyl sites for hydroxylation is 1. The highest BCUT2D eigenvalue weighted by atomic mass is 32.2. The highest BCUT2D eigenvalue weighted by Gasteiger charge is 2.35. The summed E-state index contributed by atoms with van der Waals surface area (Å²) in [5.41, 5.74) is 0.787. The molecule has 0 radical (unpaired) electrons. The van der Waals surface area contributed by atoms with Crippen molar-refractivity contribution in [2.45, 2.75) is 6.92 Å². The van der Waals surface area contributed by atoms with Crippen molar-refractivity contribution >= 4 is 62.4 Å². The van der Waals surface area contributed by atoms with Crippen LogP contribution in [-0.2, 0) is 4.79 Å². The lowest BCUT2D eigenvalue weighted by Crippen LogP contribution is -2.28. The molecule has 3 heterocycles. The molecule has 1 aliphatic rings. The summed E-state index contributed by atoms with van der Waals surface area (Å²) in [5.74, 6) is -0.0791. The van der Waals surface area contributed by atoms with E-state index >= 15 is 0 Å². The largest absolute Gasteiger partial charge is 0.271 e. The zero-order chi connectivity index (χ0) is 17.2. The number of hydrogen-bond acceptors (Lipinski definition) is 7. The van der Waals surface area contributed by atoms with Gasteiger partial charge in [-0.2, -0.15) is 4.99 Å². The summed E-state index contributed by atoms with van der Waals surface area (Å²) in [4.78, 5) is 20.8. The van der Waals surface area contributed by atoms with Crippen molar-refractivity contribution in [1.82, 2.24) is 10.2 Å². The van der Waals surface area contributed by atoms with E-state index in [1.807, 2.05) is 60.8 Å². The molecule has 0 unspecified atom stereocenters. The fourth-order valence-corrected chi connectivity index (χ4v) is 4.59. The molecule has 0 saturated carbocycles. The van der Waals surface area contributed by atoms with Crippen molar-refractivity contribution < 1.29 is 4.79 Å². The Bertz CT molecular complexity index is 961. The Morgan fingerprint density at radius 3 is 2.64 bits per heavy atom. The van der Waals surface area contributed by atoms with E-state index in [4.69, 9.17) is 0 Å². The number of thiophene rings is 1. The summed E-state index contributed by atoms with van der Waals surface area (Å²) in [5, 5.41) is 12.0. The normalized spacial score (nSPS) is 17.8. The molecule has 3 aromatic rings. The van der Waals surface area contributed by atoms with Gasteiger partial charge in [-0.1, -0.05) is 35.6 Å². The molecule has 4 rings (SSSR count). The van der Waals surface area contributed by atoms with E-state index in [9.17, 15) is 4.79 Å². The number of aliphatic imine (C=N–C) groups is 1. The van der Waals surface area contributed by atoms with Gasteiger partial charge in [-0.3, -0.25) is 9.69 Å². The summed E-state index contributed by atoms with van der Waals surface area (Å²) >= 11 is 4.36. The molecule has 1 amide bonds. The molecule has 1 aliphatic heterocycles. The van der Waals surface area contributed by atoms with Gasteiger partial charge in [0.25, 0.3) is 5.91 Å². The standard InChI is InChI=1S/C17H12N4OS3/c1-11-19-20-16(24-11)18-17-21(12-6-3-2-4-7-12)15(22)14(25-17)10-13-8-5-9-23-13/h2-10H,1H3/b14-10+,18-17+. The Labute approximate surface area is 156 Å². The first-order chi connectivity index (χ1) is 12.2. The Kier molecular flexibility index (Phi) is 4.48. The van der Waals surface area contributed by atoms with Crippen LogP contribution in [0, 0.1) is 6.92 Å². The Morgan fingerprint density at radius 2 is 1.96 bits per heavy atom. The van der Waals surface area contributed by atoms with Crippen LogP contribution in [-0.4, -0.2) is 21.3 Å². The number of amidine groups is 1. The second-order valence-corrected chi connectivity index (χ2v) is 8.25. The topological polar surface area (TPSA) is 58.5 Å². The quantitative estimate of drug-likeness (QED) is 0.613. The van der Waals surface area contributed by atoms with Gasteiger partial charge < -0.3 is 0 Å². The van der Waals surface area contributed by atoms with Crippen LogP contribution in [0.15, 0.2) is 57.7 Å². The molecule has 0 aliphatic carbocycles. The number of rotatable bonds is 3. The lowest BCUT2D eigenvalue weighted by atomic mass is 10.3. The Morgan fingerprint density at radius 1 is 1.12 bits per heavy atom. The molecule has 0 atom stereocenters. The number of hydrogen-bond donors (Lipinski definition) is 0. The molecule has 2 aromatic heterocycles. The highest BCUT2D eigenvalue weighted by molar-refractivity contribution is 8.19. The van der Waals surface area contributed by atoms with Gasteiger partial charge in [0.2, 0.25) is 5.13 Å². The summed E-state index contributed by atoms with van der Waals surface area (Å²) in [6, 6.07) is 13.5. The zero-order valence-electron chi connectivity index (χ0n) is 13.1.